The minimum absolute atomic E-state index is 0.0846. The molecule has 1 saturated carbocycles. The van der Waals surface area contributed by atoms with Crippen LogP contribution in [0, 0.1) is 0 Å². The van der Waals surface area contributed by atoms with E-state index in [1.807, 2.05) is 29.8 Å². The number of thioether (sulfide) groups is 1. The van der Waals surface area contributed by atoms with Crippen LogP contribution in [-0.4, -0.2) is 32.5 Å². The number of carbonyl (C=O) groups is 1. The van der Waals surface area contributed by atoms with E-state index in [0.717, 1.165) is 36.7 Å². The first-order valence-corrected chi connectivity index (χ1v) is 8.55. The van der Waals surface area contributed by atoms with E-state index in [-0.39, 0.29) is 5.91 Å². The molecule has 1 N–H and O–H groups in total. The highest BCUT2D eigenvalue weighted by atomic mass is 32.2. The van der Waals surface area contributed by atoms with Gasteiger partial charge in [0.1, 0.15) is 5.82 Å². The maximum Gasteiger partial charge on any atom is 0.230 e. The first-order valence-electron chi connectivity index (χ1n) is 7.57. The molecule has 0 bridgehead atoms. The number of rotatable bonds is 7. The zero-order valence-electron chi connectivity index (χ0n) is 12.7. The van der Waals surface area contributed by atoms with Crippen molar-refractivity contribution in [3.63, 3.8) is 0 Å². The van der Waals surface area contributed by atoms with Crippen molar-refractivity contribution in [1.29, 1.82) is 0 Å². The standard InChI is InChI=1S/C16H20N4OS/c1-20-14(10-7-12-5-3-2-4-6-12)18-19-16(20)22-11-15(21)17-13-8-9-13/h2-6,13H,7-11H2,1H3,(H,17,21). The second kappa shape index (κ2) is 6.96. The van der Waals surface area contributed by atoms with Crippen molar-refractivity contribution in [3.05, 3.63) is 41.7 Å². The topological polar surface area (TPSA) is 59.8 Å². The maximum atomic E-state index is 11.7. The Labute approximate surface area is 134 Å². The van der Waals surface area contributed by atoms with Crippen LogP contribution in [0.1, 0.15) is 24.2 Å². The predicted molar refractivity (Wildman–Crippen MR) is 86.7 cm³/mol. The number of nitrogens with zero attached hydrogens (tertiary/aromatic N) is 3. The molecule has 22 heavy (non-hydrogen) atoms. The molecule has 1 amide bonds. The lowest BCUT2D eigenvalue weighted by Crippen LogP contribution is -2.27. The molecule has 2 aromatic rings. The highest BCUT2D eigenvalue weighted by Crippen LogP contribution is 2.20. The number of carbonyl (C=O) groups excluding carboxylic acids is 1. The molecule has 0 spiro atoms. The predicted octanol–water partition coefficient (Wildman–Crippen LogP) is 1.97. The van der Waals surface area contributed by atoms with Gasteiger partial charge in [-0.15, -0.1) is 10.2 Å². The Bertz CT molecular complexity index is 637. The van der Waals surface area contributed by atoms with Crippen LogP contribution in [0.2, 0.25) is 0 Å². The van der Waals surface area contributed by atoms with Crippen molar-refractivity contribution in [1.82, 2.24) is 20.1 Å². The van der Waals surface area contributed by atoms with E-state index in [9.17, 15) is 4.79 Å². The number of nitrogens with one attached hydrogen (secondary N) is 1. The summed E-state index contributed by atoms with van der Waals surface area (Å²) in [4.78, 5) is 11.7. The van der Waals surface area contributed by atoms with E-state index in [0.29, 0.717) is 11.8 Å². The van der Waals surface area contributed by atoms with Gasteiger partial charge in [0.2, 0.25) is 5.91 Å². The molecule has 1 aromatic heterocycles. The van der Waals surface area contributed by atoms with Crippen LogP contribution in [0.4, 0.5) is 0 Å². The molecule has 0 saturated heterocycles. The molecule has 1 heterocycles. The minimum atomic E-state index is 0.0846. The number of aromatic nitrogens is 3. The Balaban J connectivity index is 1.51. The zero-order valence-corrected chi connectivity index (χ0v) is 13.5. The van der Waals surface area contributed by atoms with Crippen molar-refractivity contribution in [2.24, 2.45) is 7.05 Å². The van der Waals surface area contributed by atoms with E-state index in [1.54, 1.807) is 0 Å². The summed E-state index contributed by atoms with van der Waals surface area (Å²) in [6.07, 6.45) is 4.02. The molecule has 1 fully saturated rings. The van der Waals surface area contributed by atoms with E-state index < -0.39 is 0 Å². The molecule has 1 aliphatic carbocycles. The molecule has 3 rings (SSSR count). The molecule has 6 heteroatoms. The van der Waals surface area contributed by atoms with Crippen LogP contribution in [0.25, 0.3) is 0 Å². The Morgan fingerprint density at radius 1 is 1.27 bits per heavy atom. The molecule has 0 radical (unpaired) electrons. The lowest BCUT2D eigenvalue weighted by atomic mass is 10.1. The van der Waals surface area contributed by atoms with Crippen LogP contribution < -0.4 is 5.32 Å². The summed E-state index contributed by atoms with van der Waals surface area (Å²) in [5.74, 6) is 1.44. The highest BCUT2D eigenvalue weighted by Gasteiger charge is 2.23. The minimum Gasteiger partial charge on any atom is -0.353 e. The van der Waals surface area contributed by atoms with Crippen LogP contribution >= 0.6 is 11.8 Å². The lowest BCUT2D eigenvalue weighted by Gasteiger charge is -2.05. The highest BCUT2D eigenvalue weighted by molar-refractivity contribution is 7.99. The molecular formula is C16H20N4OS. The number of hydrogen-bond donors (Lipinski definition) is 1. The Kier molecular flexibility index (Phi) is 4.77. The third-order valence-corrected chi connectivity index (χ3v) is 4.70. The van der Waals surface area contributed by atoms with Gasteiger partial charge in [-0.05, 0) is 24.8 Å². The number of amides is 1. The van der Waals surface area contributed by atoms with E-state index in [2.05, 4.69) is 27.6 Å². The summed E-state index contributed by atoms with van der Waals surface area (Å²) in [6.45, 7) is 0. The normalized spacial score (nSPS) is 14.0. The quantitative estimate of drug-likeness (QED) is 0.794. The van der Waals surface area contributed by atoms with Crippen molar-refractivity contribution >= 4 is 17.7 Å². The third kappa shape index (κ3) is 4.10. The lowest BCUT2D eigenvalue weighted by molar-refractivity contribution is -0.118. The number of aryl methyl sites for hydroxylation is 2. The smallest absolute Gasteiger partial charge is 0.230 e. The van der Waals surface area contributed by atoms with Crippen LogP contribution in [0.15, 0.2) is 35.5 Å². The van der Waals surface area contributed by atoms with E-state index >= 15 is 0 Å². The average molecular weight is 316 g/mol. The van der Waals surface area contributed by atoms with Crippen molar-refractivity contribution in [2.75, 3.05) is 5.75 Å². The number of benzene rings is 1. The van der Waals surface area contributed by atoms with Crippen LogP contribution in [-0.2, 0) is 24.7 Å². The third-order valence-electron chi connectivity index (χ3n) is 3.68. The average Bonchev–Trinajstić information content (AvgIpc) is 3.27. The van der Waals surface area contributed by atoms with E-state index in [1.165, 1.54) is 17.3 Å². The van der Waals surface area contributed by atoms with Gasteiger partial charge in [0.05, 0.1) is 5.75 Å². The number of hydrogen-bond acceptors (Lipinski definition) is 4. The SMILES string of the molecule is Cn1c(CCc2ccccc2)nnc1SCC(=O)NC1CC1. The van der Waals surface area contributed by atoms with Crippen LogP contribution in [0.5, 0.6) is 0 Å². The van der Waals surface area contributed by atoms with Gasteiger partial charge in [-0.25, -0.2) is 0 Å². The van der Waals surface area contributed by atoms with Gasteiger partial charge in [0, 0.05) is 19.5 Å². The van der Waals surface area contributed by atoms with E-state index in [4.69, 9.17) is 0 Å². The van der Waals surface area contributed by atoms with Gasteiger partial charge in [-0.2, -0.15) is 0 Å². The molecule has 5 nitrogen and oxygen atoms in total. The van der Waals surface area contributed by atoms with Crippen molar-refractivity contribution in [2.45, 2.75) is 36.9 Å². The van der Waals surface area contributed by atoms with Gasteiger partial charge in [-0.1, -0.05) is 42.1 Å². The first-order chi connectivity index (χ1) is 10.7. The zero-order chi connectivity index (χ0) is 15.4. The monoisotopic (exact) mass is 316 g/mol. The Morgan fingerprint density at radius 3 is 2.77 bits per heavy atom. The summed E-state index contributed by atoms with van der Waals surface area (Å²) >= 11 is 1.44. The second-order valence-electron chi connectivity index (χ2n) is 5.57. The van der Waals surface area contributed by atoms with Crippen molar-refractivity contribution in [3.8, 4) is 0 Å². The molecule has 1 aliphatic rings. The van der Waals surface area contributed by atoms with Gasteiger partial charge in [-0.3, -0.25) is 4.79 Å². The summed E-state index contributed by atoms with van der Waals surface area (Å²) < 4.78 is 1.98. The largest absolute Gasteiger partial charge is 0.353 e. The fraction of sp³-hybridized carbons (Fsp3) is 0.438. The molecule has 0 aliphatic heterocycles. The summed E-state index contributed by atoms with van der Waals surface area (Å²) in [5.41, 5.74) is 1.29. The molecule has 1 aromatic carbocycles. The summed E-state index contributed by atoms with van der Waals surface area (Å²) in [5, 5.41) is 12.2. The fourth-order valence-electron chi connectivity index (χ4n) is 2.22. The van der Waals surface area contributed by atoms with Gasteiger partial charge < -0.3 is 9.88 Å². The van der Waals surface area contributed by atoms with Gasteiger partial charge in [0.15, 0.2) is 5.16 Å². The summed E-state index contributed by atoms with van der Waals surface area (Å²) in [6, 6.07) is 10.8. The van der Waals surface area contributed by atoms with Crippen molar-refractivity contribution < 1.29 is 4.79 Å². The van der Waals surface area contributed by atoms with Gasteiger partial charge in [0.25, 0.3) is 0 Å². The van der Waals surface area contributed by atoms with Gasteiger partial charge >= 0.3 is 0 Å². The Hall–Kier alpha value is -1.82. The second-order valence-corrected chi connectivity index (χ2v) is 6.52. The van der Waals surface area contributed by atoms with Crippen LogP contribution in [0.3, 0.4) is 0 Å². The maximum absolute atomic E-state index is 11.7. The molecule has 0 unspecified atom stereocenters. The molecule has 0 atom stereocenters. The summed E-state index contributed by atoms with van der Waals surface area (Å²) in [7, 11) is 1.96. The Morgan fingerprint density at radius 2 is 2.05 bits per heavy atom. The molecule has 116 valence electrons. The fourth-order valence-corrected chi connectivity index (χ4v) is 2.96. The first kappa shape index (κ1) is 15.1. The molecular weight excluding hydrogens is 296 g/mol.